The SMILES string of the molecule is C[C@]1(O)CC[C@H](COc2ncc(S(=O)(=O)NC(=O)c3ccc(N4CCN(CC5=C(c6ccc(Cl)cc6)CC6(CC5)CC6)CC4)cc3Oc3cnc4[nH]ccc4c3)cc2Cl)CC1. The number of sulfonamides is 1. The molecule has 0 unspecified atom stereocenters. The fraction of sp³-hybridized carbons (Fsp3) is 0.413. The maximum absolute atomic E-state index is 13.9. The number of aromatic amines is 1. The van der Waals surface area contributed by atoms with Gasteiger partial charge in [-0.1, -0.05) is 40.9 Å². The highest BCUT2D eigenvalue weighted by molar-refractivity contribution is 7.90. The number of allylic oxidation sites excluding steroid dienone is 1. The molecule has 1 spiro atoms. The van der Waals surface area contributed by atoms with Crippen LogP contribution in [0.3, 0.4) is 0 Å². The monoisotopic (exact) mass is 884 g/mol. The van der Waals surface area contributed by atoms with Crippen molar-refractivity contribution in [2.75, 3.05) is 44.2 Å². The summed E-state index contributed by atoms with van der Waals surface area (Å²) in [5.74, 6) is 0.0214. The number of amides is 1. The maximum Gasteiger partial charge on any atom is 0.268 e. The Morgan fingerprint density at radius 2 is 1.72 bits per heavy atom. The molecule has 12 nitrogen and oxygen atoms in total. The van der Waals surface area contributed by atoms with Gasteiger partial charge in [-0.3, -0.25) is 9.69 Å². The number of fused-ring (bicyclic) bond motifs is 1. The summed E-state index contributed by atoms with van der Waals surface area (Å²) in [4.78, 5) is 30.1. The quantitative estimate of drug-likeness (QED) is 0.111. The highest BCUT2D eigenvalue weighted by atomic mass is 35.5. The second-order valence-corrected chi connectivity index (χ2v) is 20.1. The molecule has 2 saturated carbocycles. The molecule has 4 aliphatic rings. The number of ether oxygens (including phenoxy) is 2. The lowest BCUT2D eigenvalue weighted by Crippen LogP contribution is -2.47. The van der Waals surface area contributed by atoms with Crippen LogP contribution in [0, 0.1) is 11.3 Å². The van der Waals surface area contributed by atoms with Crippen LogP contribution in [0.2, 0.25) is 10.0 Å². The van der Waals surface area contributed by atoms with E-state index in [0.29, 0.717) is 36.3 Å². The Balaban J connectivity index is 0.899. The molecule has 1 amide bonds. The Hall–Kier alpha value is -4.66. The van der Waals surface area contributed by atoms with Crippen LogP contribution in [0.1, 0.15) is 80.6 Å². The van der Waals surface area contributed by atoms with E-state index < -0.39 is 21.5 Å². The van der Waals surface area contributed by atoms with Gasteiger partial charge in [0.15, 0.2) is 0 Å². The van der Waals surface area contributed by atoms with Crippen LogP contribution in [0.4, 0.5) is 5.69 Å². The van der Waals surface area contributed by atoms with Crippen molar-refractivity contribution in [1.82, 2.24) is 24.6 Å². The van der Waals surface area contributed by atoms with Crippen LogP contribution in [0.15, 0.2) is 89.7 Å². The van der Waals surface area contributed by atoms with Gasteiger partial charge in [0, 0.05) is 61.1 Å². The molecule has 4 heterocycles. The van der Waals surface area contributed by atoms with Crippen molar-refractivity contribution in [3.05, 3.63) is 106 Å². The molecule has 3 N–H and O–H groups in total. The summed E-state index contributed by atoms with van der Waals surface area (Å²) in [5, 5.41) is 11.8. The molecule has 9 rings (SSSR count). The highest BCUT2D eigenvalue weighted by Crippen LogP contribution is 2.59. The maximum atomic E-state index is 13.9. The van der Waals surface area contributed by atoms with Crippen LogP contribution in [0.25, 0.3) is 16.6 Å². The first-order valence-corrected chi connectivity index (χ1v) is 23.3. The summed E-state index contributed by atoms with van der Waals surface area (Å²) in [6.07, 6.45) is 13.6. The minimum atomic E-state index is -4.41. The van der Waals surface area contributed by atoms with Gasteiger partial charge >= 0.3 is 0 Å². The topological polar surface area (TPSA) is 150 Å². The fourth-order valence-electron chi connectivity index (χ4n) is 8.97. The van der Waals surface area contributed by atoms with Gasteiger partial charge in [-0.15, -0.1) is 0 Å². The number of halogens is 2. The first kappa shape index (κ1) is 41.7. The lowest BCUT2D eigenvalue weighted by Gasteiger charge is -2.38. The van der Waals surface area contributed by atoms with Gasteiger partial charge in [0.2, 0.25) is 5.88 Å². The third kappa shape index (κ3) is 9.56. The zero-order valence-electron chi connectivity index (χ0n) is 34.1. The number of nitrogens with one attached hydrogen (secondary N) is 2. The van der Waals surface area contributed by atoms with Crippen LogP contribution in [0.5, 0.6) is 17.4 Å². The summed E-state index contributed by atoms with van der Waals surface area (Å²) in [7, 11) is -4.41. The molecule has 320 valence electrons. The number of aromatic nitrogens is 3. The lowest BCUT2D eigenvalue weighted by molar-refractivity contribution is 0.00127. The lowest BCUT2D eigenvalue weighted by atomic mass is 9.78. The predicted molar refractivity (Wildman–Crippen MR) is 237 cm³/mol. The zero-order valence-corrected chi connectivity index (χ0v) is 36.5. The normalized spacial score (nSPS) is 21.8. The number of rotatable bonds is 12. The van der Waals surface area contributed by atoms with Crippen LogP contribution < -0.4 is 19.1 Å². The fourth-order valence-corrected chi connectivity index (χ4v) is 10.3. The van der Waals surface area contributed by atoms with Gasteiger partial charge in [-0.25, -0.2) is 23.1 Å². The third-order valence-electron chi connectivity index (χ3n) is 13.0. The number of hydrogen-bond donors (Lipinski definition) is 3. The van der Waals surface area contributed by atoms with Crippen molar-refractivity contribution in [3.63, 3.8) is 0 Å². The van der Waals surface area contributed by atoms with E-state index in [9.17, 15) is 18.3 Å². The van der Waals surface area contributed by atoms with Crippen LogP contribution >= 0.6 is 23.2 Å². The molecule has 0 atom stereocenters. The van der Waals surface area contributed by atoms with Gasteiger partial charge < -0.3 is 24.5 Å². The van der Waals surface area contributed by atoms with E-state index in [2.05, 4.69) is 41.6 Å². The molecule has 0 bridgehead atoms. The van der Waals surface area contributed by atoms with Crippen molar-refractivity contribution in [3.8, 4) is 17.4 Å². The summed E-state index contributed by atoms with van der Waals surface area (Å²) >= 11 is 12.7. The van der Waals surface area contributed by atoms with Crippen LogP contribution in [-0.2, 0) is 10.0 Å². The van der Waals surface area contributed by atoms with Gasteiger partial charge in [-0.2, -0.15) is 0 Å². The molecule has 1 saturated heterocycles. The average Bonchev–Trinajstić information content (AvgIpc) is 3.83. The first-order chi connectivity index (χ1) is 29.3. The minimum Gasteiger partial charge on any atom is -0.476 e. The van der Waals surface area contributed by atoms with Crippen molar-refractivity contribution in [2.45, 2.75) is 75.2 Å². The summed E-state index contributed by atoms with van der Waals surface area (Å²) in [6.45, 7) is 6.36. The van der Waals surface area contributed by atoms with Gasteiger partial charge in [0.1, 0.15) is 27.1 Å². The standard InChI is InChI=1S/C46H50Cl2N6O6S/c1-45(56)12-8-30(9-13-45)29-59-44-40(48)24-37(27-51-44)61(57,58)52-43(55)38-7-6-35(23-41(38)60-36-22-32-11-17-49-42(32)50-26-36)54-20-18-53(19-21-54)28-33-10-14-46(15-16-46)25-39(33)31-2-4-34(47)5-3-31/h2-7,11,17,22-24,26-27,30,56H,8-10,12-16,18-21,25,28-29H2,1H3,(H,49,50)(H,52,55)/t30-,45-. The van der Waals surface area contributed by atoms with E-state index in [1.165, 1.54) is 42.0 Å². The number of piperazine rings is 1. The number of hydrogen-bond acceptors (Lipinski definition) is 10. The van der Waals surface area contributed by atoms with Crippen molar-refractivity contribution < 1.29 is 27.8 Å². The average molecular weight is 886 g/mol. The molecule has 1 aliphatic heterocycles. The van der Waals surface area contributed by atoms with E-state index in [1.807, 2.05) is 31.2 Å². The smallest absolute Gasteiger partial charge is 0.268 e. The number of carbonyl (C=O) groups is 1. The van der Waals surface area contributed by atoms with Crippen molar-refractivity contribution in [2.24, 2.45) is 11.3 Å². The molecule has 5 aromatic rings. The third-order valence-corrected chi connectivity index (χ3v) is 14.8. The number of carbonyl (C=O) groups excluding carboxylic acids is 1. The Labute approximate surface area is 366 Å². The second kappa shape index (κ2) is 16.9. The van der Waals surface area contributed by atoms with Crippen molar-refractivity contribution >= 4 is 61.4 Å². The van der Waals surface area contributed by atoms with E-state index >= 15 is 0 Å². The molecular weight excluding hydrogens is 836 g/mol. The number of H-pyrrole nitrogens is 1. The van der Waals surface area contributed by atoms with Gasteiger partial charge in [0.05, 0.1) is 30.2 Å². The zero-order chi connectivity index (χ0) is 42.4. The number of aliphatic hydroxyl groups is 1. The Bertz CT molecular complexity index is 2570. The Morgan fingerprint density at radius 1 is 0.951 bits per heavy atom. The molecule has 15 heteroatoms. The Morgan fingerprint density at radius 3 is 2.46 bits per heavy atom. The minimum absolute atomic E-state index is 0.00311. The molecular formula is C46H50Cl2N6O6S. The predicted octanol–water partition coefficient (Wildman–Crippen LogP) is 9.04. The number of pyridine rings is 2. The van der Waals surface area contributed by atoms with Gasteiger partial charge in [-0.05, 0) is 130 Å². The van der Waals surface area contributed by atoms with Gasteiger partial charge in [0.25, 0.3) is 15.9 Å². The summed E-state index contributed by atoms with van der Waals surface area (Å²) in [6, 6.07) is 18.4. The Kier molecular flexibility index (Phi) is 11.5. The largest absolute Gasteiger partial charge is 0.476 e. The molecule has 3 fully saturated rings. The first-order valence-electron chi connectivity index (χ1n) is 21.1. The summed E-state index contributed by atoms with van der Waals surface area (Å²) < 4.78 is 41.6. The highest BCUT2D eigenvalue weighted by Gasteiger charge is 2.45. The van der Waals surface area contributed by atoms with E-state index in [4.69, 9.17) is 32.7 Å². The number of anilines is 1. The molecule has 0 radical (unpaired) electrons. The number of nitrogens with zero attached hydrogens (tertiary/aromatic N) is 4. The van der Waals surface area contributed by atoms with E-state index in [-0.39, 0.29) is 33.0 Å². The molecule has 2 aromatic carbocycles. The van der Waals surface area contributed by atoms with Crippen LogP contribution in [-0.4, -0.2) is 84.2 Å². The van der Waals surface area contributed by atoms with E-state index in [1.54, 1.807) is 30.6 Å². The molecule has 3 aliphatic carbocycles. The summed E-state index contributed by atoms with van der Waals surface area (Å²) in [5.41, 5.74) is 5.68. The number of benzene rings is 2. The molecule has 61 heavy (non-hydrogen) atoms. The van der Waals surface area contributed by atoms with E-state index in [0.717, 1.165) is 80.7 Å². The second-order valence-electron chi connectivity index (χ2n) is 17.5. The van der Waals surface area contributed by atoms with Crippen molar-refractivity contribution in [1.29, 1.82) is 0 Å². The molecule has 3 aromatic heterocycles.